The second-order valence-electron chi connectivity index (χ2n) is 8.70. The number of rotatable bonds is 4. The van der Waals surface area contributed by atoms with Crippen LogP contribution in [0.2, 0.25) is 0 Å². The van der Waals surface area contributed by atoms with Gasteiger partial charge in [0.05, 0.1) is 31.9 Å². The standard InChI is InChI=1S/C22H29N3O4/c1-22(2,3)29-21(26)24-13-17-14-25(23-19(17)15-24)12-16-7-6-8-18(11-16)28-20-9-4-5-10-27-20/h6-8,11,14,20H,4-5,9-10,12-13,15H2,1-3H3. The van der Waals surface area contributed by atoms with E-state index in [1.54, 1.807) is 4.90 Å². The first-order valence-corrected chi connectivity index (χ1v) is 10.3. The Morgan fingerprint density at radius 1 is 1.28 bits per heavy atom. The van der Waals surface area contributed by atoms with Gasteiger partial charge in [0.25, 0.3) is 0 Å². The van der Waals surface area contributed by atoms with E-state index in [0.717, 1.165) is 48.4 Å². The second-order valence-corrected chi connectivity index (χ2v) is 8.70. The highest BCUT2D eigenvalue weighted by Gasteiger charge is 2.29. The molecule has 7 heteroatoms. The smallest absolute Gasteiger partial charge is 0.410 e. The Kier molecular flexibility index (Phi) is 5.50. The van der Waals surface area contributed by atoms with E-state index in [2.05, 4.69) is 11.2 Å². The van der Waals surface area contributed by atoms with Crippen molar-refractivity contribution in [2.45, 2.75) is 71.6 Å². The maximum absolute atomic E-state index is 12.2. The Morgan fingerprint density at radius 2 is 2.14 bits per heavy atom. The van der Waals surface area contributed by atoms with E-state index in [4.69, 9.17) is 14.2 Å². The predicted molar refractivity (Wildman–Crippen MR) is 107 cm³/mol. The van der Waals surface area contributed by atoms with Gasteiger partial charge in [0.15, 0.2) is 6.29 Å². The third kappa shape index (κ3) is 5.09. The van der Waals surface area contributed by atoms with Crippen molar-refractivity contribution in [1.82, 2.24) is 14.7 Å². The van der Waals surface area contributed by atoms with Crippen LogP contribution >= 0.6 is 0 Å². The lowest BCUT2D eigenvalue weighted by Crippen LogP contribution is -2.33. The Bertz CT molecular complexity index is 842. The summed E-state index contributed by atoms with van der Waals surface area (Å²) >= 11 is 0. The predicted octanol–water partition coefficient (Wildman–Crippen LogP) is 4.09. The van der Waals surface area contributed by atoms with Crippen LogP contribution in [-0.4, -0.2) is 39.3 Å². The number of hydrogen-bond donors (Lipinski definition) is 0. The third-order valence-electron chi connectivity index (χ3n) is 4.93. The normalized spacial score (nSPS) is 19.1. The molecule has 7 nitrogen and oxygen atoms in total. The summed E-state index contributed by atoms with van der Waals surface area (Å²) in [5, 5.41) is 4.66. The molecule has 3 heterocycles. The molecule has 29 heavy (non-hydrogen) atoms. The molecule has 0 radical (unpaired) electrons. The van der Waals surface area contributed by atoms with Crippen molar-refractivity contribution in [3.8, 4) is 5.75 Å². The van der Waals surface area contributed by atoms with E-state index in [0.29, 0.717) is 19.6 Å². The third-order valence-corrected chi connectivity index (χ3v) is 4.93. The summed E-state index contributed by atoms with van der Waals surface area (Å²) in [4.78, 5) is 13.9. The molecule has 1 aromatic heterocycles. The van der Waals surface area contributed by atoms with E-state index in [1.807, 2.05) is 49.8 Å². The molecule has 0 aliphatic carbocycles. The molecule has 2 aromatic rings. The highest BCUT2D eigenvalue weighted by Crippen LogP contribution is 2.25. The molecule has 156 valence electrons. The van der Waals surface area contributed by atoms with Crippen LogP contribution in [0.1, 0.15) is 56.9 Å². The number of aromatic nitrogens is 2. The molecule has 0 spiro atoms. The van der Waals surface area contributed by atoms with Crippen LogP contribution in [0.15, 0.2) is 30.5 Å². The number of benzene rings is 1. The fraction of sp³-hybridized carbons (Fsp3) is 0.545. The zero-order valence-corrected chi connectivity index (χ0v) is 17.4. The largest absolute Gasteiger partial charge is 0.465 e. The summed E-state index contributed by atoms with van der Waals surface area (Å²) in [6.45, 7) is 8.06. The number of amides is 1. The van der Waals surface area contributed by atoms with Crippen LogP contribution < -0.4 is 4.74 Å². The van der Waals surface area contributed by atoms with Crippen molar-refractivity contribution >= 4 is 6.09 Å². The summed E-state index contributed by atoms with van der Waals surface area (Å²) < 4.78 is 19.0. The Labute approximate surface area is 171 Å². The van der Waals surface area contributed by atoms with Gasteiger partial charge >= 0.3 is 6.09 Å². The van der Waals surface area contributed by atoms with E-state index in [-0.39, 0.29) is 12.4 Å². The van der Waals surface area contributed by atoms with Crippen molar-refractivity contribution < 1.29 is 19.0 Å². The van der Waals surface area contributed by atoms with Gasteiger partial charge < -0.3 is 14.2 Å². The Hall–Kier alpha value is -2.54. The highest BCUT2D eigenvalue weighted by atomic mass is 16.7. The van der Waals surface area contributed by atoms with Gasteiger partial charge in [-0.05, 0) is 51.3 Å². The van der Waals surface area contributed by atoms with E-state index < -0.39 is 5.60 Å². The molecular weight excluding hydrogens is 370 g/mol. The second kappa shape index (κ2) is 8.06. The maximum atomic E-state index is 12.2. The number of carbonyl (C=O) groups excluding carboxylic acids is 1. The number of nitrogens with zero attached hydrogens (tertiary/aromatic N) is 3. The molecule has 4 rings (SSSR count). The summed E-state index contributed by atoms with van der Waals surface area (Å²) in [5.41, 5.74) is 2.62. The van der Waals surface area contributed by atoms with Gasteiger partial charge in [-0.2, -0.15) is 5.10 Å². The van der Waals surface area contributed by atoms with Crippen LogP contribution in [0.25, 0.3) is 0 Å². The molecule has 0 bridgehead atoms. The van der Waals surface area contributed by atoms with Gasteiger partial charge in [-0.1, -0.05) is 12.1 Å². The van der Waals surface area contributed by atoms with Gasteiger partial charge in [0.2, 0.25) is 0 Å². The minimum Gasteiger partial charge on any atom is -0.465 e. The van der Waals surface area contributed by atoms with Gasteiger partial charge in [-0.25, -0.2) is 4.79 Å². The molecule has 1 unspecified atom stereocenters. The zero-order chi connectivity index (χ0) is 20.4. The van der Waals surface area contributed by atoms with E-state index >= 15 is 0 Å². The van der Waals surface area contributed by atoms with Crippen molar-refractivity contribution in [1.29, 1.82) is 0 Å². The maximum Gasteiger partial charge on any atom is 0.410 e. The molecule has 1 amide bonds. The number of ether oxygens (including phenoxy) is 3. The van der Waals surface area contributed by atoms with Crippen molar-refractivity contribution in [2.24, 2.45) is 0 Å². The van der Waals surface area contributed by atoms with Crippen molar-refractivity contribution in [2.75, 3.05) is 6.61 Å². The molecule has 1 aromatic carbocycles. The molecule has 1 fully saturated rings. The summed E-state index contributed by atoms with van der Waals surface area (Å²) in [6.07, 6.45) is 4.75. The van der Waals surface area contributed by atoms with E-state index in [9.17, 15) is 4.79 Å². The Morgan fingerprint density at radius 3 is 2.86 bits per heavy atom. The first-order valence-electron chi connectivity index (χ1n) is 10.3. The Balaban J connectivity index is 1.36. The first kappa shape index (κ1) is 19.8. The number of carbonyl (C=O) groups is 1. The lowest BCUT2D eigenvalue weighted by Gasteiger charge is -2.24. The van der Waals surface area contributed by atoms with Crippen LogP contribution in [0.3, 0.4) is 0 Å². The van der Waals surface area contributed by atoms with Crippen LogP contribution in [0.4, 0.5) is 4.79 Å². The highest BCUT2D eigenvalue weighted by molar-refractivity contribution is 5.69. The molecule has 0 saturated carbocycles. The van der Waals surface area contributed by atoms with Crippen molar-refractivity contribution in [3.63, 3.8) is 0 Å². The van der Waals surface area contributed by atoms with Crippen LogP contribution in [0, 0.1) is 0 Å². The average molecular weight is 399 g/mol. The summed E-state index contributed by atoms with van der Waals surface area (Å²) in [5.74, 6) is 0.824. The fourth-order valence-electron chi connectivity index (χ4n) is 3.61. The monoisotopic (exact) mass is 399 g/mol. The van der Waals surface area contributed by atoms with Gasteiger partial charge in [0.1, 0.15) is 11.4 Å². The topological polar surface area (TPSA) is 65.8 Å². The minimum atomic E-state index is -0.493. The van der Waals surface area contributed by atoms with Gasteiger partial charge in [0, 0.05) is 18.2 Å². The van der Waals surface area contributed by atoms with E-state index in [1.165, 1.54) is 0 Å². The average Bonchev–Trinajstić information content (AvgIpc) is 3.20. The number of fused-ring (bicyclic) bond motifs is 1. The van der Waals surface area contributed by atoms with Gasteiger partial charge in [-0.15, -0.1) is 0 Å². The minimum absolute atomic E-state index is 0.147. The van der Waals surface area contributed by atoms with Crippen molar-refractivity contribution in [3.05, 3.63) is 47.3 Å². The quantitative estimate of drug-likeness (QED) is 0.775. The molecule has 2 aliphatic rings. The molecule has 2 aliphatic heterocycles. The fourth-order valence-corrected chi connectivity index (χ4v) is 3.61. The lowest BCUT2D eigenvalue weighted by molar-refractivity contribution is -0.105. The van der Waals surface area contributed by atoms with Crippen LogP contribution in [-0.2, 0) is 29.1 Å². The molecule has 1 saturated heterocycles. The van der Waals surface area contributed by atoms with Gasteiger partial charge in [-0.3, -0.25) is 9.58 Å². The molecule has 1 atom stereocenters. The summed E-state index contributed by atoms with van der Waals surface area (Å²) in [6, 6.07) is 8.06. The molecular formula is C22H29N3O4. The molecule has 0 N–H and O–H groups in total. The summed E-state index contributed by atoms with van der Waals surface area (Å²) in [7, 11) is 0. The number of hydrogen-bond acceptors (Lipinski definition) is 5. The van der Waals surface area contributed by atoms with Crippen LogP contribution in [0.5, 0.6) is 5.75 Å². The zero-order valence-electron chi connectivity index (χ0n) is 17.4. The first-order chi connectivity index (χ1) is 13.9. The SMILES string of the molecule is CC(C)(C)OC(=O)N1Cc2cn(Cc3cccc(OC4CCCCO4)c3)nc2C1. The lowest BCUT2D eigenvalue weighted by atomic mass is 10.2.